The lowest BCUT2D eigenvalue weighted by molar-refractivity contribution is -0.146. The van der Waals surface area contributed by atoms with E-state index in [0.717, 1.165) is 29.0 Å². The van der Waals surface area contributed by atoms with E-state index in [9.17, 15) is 9.59 Å². The maximum absolute atomic E-state index is 13.1. The quantitative estimate of drug-likeness (QED) is 0.509. The number of halogens is 1. The van der Waals surface area contributed by atoms with Gasteiger partial charge in [0.05, 0.1) is 5.92 Å². The first-order valence-corrected chi connectivity index (χ1v) is 12.2. The Morgan fingerprint density at radius 2 is 1.94 bits per heavy atom. The average molecular weight is 460 g/mol. The van der Waals surface area contributed by atoms with Crippen LogP contribution in [0.3, 0.4) is 0 Å². The van der Waals surface area contributed by atoms with Crippen molar-refractivity contribution in [2.45, 2.75) is 79.1 Å². The van der Waals surface area contributed by atoms with Crippen LogP contribution in [0, 0.1) is 23.2 Å². The summed E-state index contributed by atoms with van der Waals surface area (Å²) in [7, 11) is 0. The van der Waals surface area contributed by atoms with E-state index < -0.39 is 11.4 Å². The Morgan fingerprint density at radius 3 is 2.47 bits per heavy atom. The number of hydrogen-bond donors (Lipinski definition) is 1. The van der Waals surface area contributed by atoms with Crippen LogP contribution in [-0.4, -0.2) is 28.4 Å². The second-order valence-electron chi connectivity index (χ2n) is 11.5. The predicted octanol–water partition coefficient (Wildman–Crippen LogP) is 6.46. The monoisotopic (exact) mass is 459 g/mol. The van der Waals surface area contributed by atoms with E-state index >= 15 is 0 Å². The minimum absolute atomic E-state index is 0.101. The molecule has 1 heterocycles. The summed E-state index contributed by atoms with van der Waals surface area (Å²) >= 11 is 6.70. The molecule has 0 radical (unpaired) electrons. The van der Waals surface area contributed by atoms with Gasteiger partial charge < -0.3 is 10.0 Å². The number of carboxylic acid groups (broad SMARTS) is 1. The molecule has 0 aromatic heterocycles. The lowest BCUT2D eigenvalue weighted by Gasteiger charge is -2.43. The number of benzene rings is 1. The summed E-state index contributed by atoms with van der Waals surface area (Å²) in [6.07, 6.45) is 5.77. The molecule has 1 fully saturated rings. The van der Waals surface area contributed by atoms with E-state index in [1.54, 1.807) is 0 Å². The van der Waals surface area contributed by atoms with Crippen molar-refractivity contribution in [3.8, 4) is 0 Å². The van der Waals surface area contributed by atoms with Crippen molar-refractivity contribution >= 4 is 23.5 Å². The Labute approximate surface area is 198 Å². The molecule has 1 N–H and O–H groups in total. The topological polar surface area (TPSA) is 57.6 Å². The van der Waals surface area contributed by atoms with E-state index in [4.69, 9.17) is 16.7 Å². The molecule has 176 valence electrons. The number of aliphatic carboxylic acids is 1. The van der Waals surface area contributed by atoms with E-state index in [-0.39, 0.29) is 29.1 Å². The van der Waals surface area contributed by atoms with Crippen LogP contribution in [0.5, 0.6) is 0 Å². The first-order valence-electron chi connectivity index (χ1n) is 11.8. The van der Waals surface area contributed by atoms with Crippen LogP contribution in [0.25, 0.3) is 0 Å². The van der Waals surface area contributed by atoms with Gasteiger partial charge in [0, 0.05) is 29.6 Å². The van der Waals surface area contributed by atoms with Crippen molar-refractivity contribution in [1.82, 2.24) is 4.90 Å². The second-order valence-corrected chi connectivity index (χ2v) is 11.9. The minimum atomic E-state index is -0.722. The molecule has 1 aromatic rings. The van der Waals surface area contributed by atoms with Crippen molar-refractivity contribution in [3.63, 3.8) is 0 Å². The Bertz CT molecular complexity index is 908. The van der Waals surface area contributed by atoms with E-state index in [1.807, 2.05) is 11.1 Å². The molecule has 1 aliphatic carbocycles. The molecular weight excluding hydrogens is 422 g/mol. The van der Waals surface area contributed by atoms with Crippen LogP contribution in [0.2, 0.25) is 5.02 Å². The molecule has 1 amide bonds. The highest BCUT2D eigenvalue weighted by Gasteiger charge is 2.42. The maximum Gasteiger partial charge on any atom is 0.306 e. The number of carbonyl (C=O) groups is 2. The van der Waals surface area contributed by atoms with Gasteiger partial charge in [0.25, 0.3) is 0 Å². The molecule has 2 aliphatic rings. The largest absolute Gasteiger partial charge is 0.481 e. The van der Waals surface area contributed by atoms with Crippen LogP contribution in [0.15, 0.2) is 30.0 Å². The van der Waals surface area contributed by atoms with Gasteiger partial charge in [0.1, 0.15) is 0 Å². The zero-order valence-corrected chi connectivity index (χ0v) is 21.1. The smallest absolute Gasteiger partial charge is 0.306 e. The standard InChI is InChI=1S/C27H38ClNO3/c1-17(2)22-16-29(15-18-11-20(12-18)25(31)32)24(30)14-27(22,6)21-8-7-19(23(28)13-21)9-10-26(3,4)5/h7-8,13,16-18,20H,9-12,14-15H2,1-6H3,(H,31,32). The Kier molecular flexibility index (Phi) is 7.14. The zero-order valence-electron chi connectivity index (χ0n) is 20.4. The molecule has 1 aliphatic heterocycles. The molecule has 1 saturated carbocycles. The van der Waals surface area contributed by atoms with E-state index in [2.05, 4.69) is 59.7 Å². The van der Waals surface area contributed by atoms with Crippen molar-refractivity contribution in [3.05, 3.63) is 46.1 Å². The van der Waals surface area contributed by atoms with Gasteiger partial charge in [-0.05, 0) is 65.7 Å². The van der Waals surface area contributed by atoms with Gasteiger partial charge in [0.15, 0.2) is 0 Å². The normalized spacial score (nSPS) is 26.2. The van der Waals surface area contributed by atoms with Crippen LogP contribution in [-0.2, 0) is 21.4 Å². The lowest BCUT2D eigenvalue weighted by atomic mass is 9.67. The average Bonchev–Trinajstić information content (AvgIpc) is 2.63. The number of allylic oxidation sites excluding steroid dienone is 1. The molecule has 1 aromatic carbocycles. The van der Waals surface area contributed by atoms with Crippen molar-refractivity contribution in [2.24, 2.45) is 23.2 Å². The third-order valence-electron chi connectivity index (χ3n) is 7.25. The van der Waals surface area contributed by atoms with Gasteiger partial charge in [0.2, 0.25) is 5.91 Å². The number of amides is 1. The fourth-order valence-electron chi connectivity index (χ4n) is 5.07. The summed E-state index contributed by atoms with van der Waals surface area (Å²) in [6.45, 7) is 13.8. The van der Waals surface area contributed by atoms with Gasteiger partial charge in [-0.3, -0.25) is 9.59 Å². The molecule has 32 heavy (non-hydrogen) atoms. The summed E-state index contributed by atoms with van der Waals surface area (Å²) in [5.41, 5.74) is 3.34. The summed E-state index contributed by atoms with van der Waals surface area (Å²) in [4.78, 5) is 26.1. The zero-order chi connectivity index (χ0) is 23.8. The number of carbonyl (C=O) groups excluding carboxylic acids is 1. The molecule has 1 atom stereocenters. The Balaban J connectivity index is 1.82. The molecule has 0 saturated heterocycles. The van der Waals surface area contributed by atoms with Gasteiger partial charge >= 0.3 is 5.97 Å². The number of carboxylic acids is 1. The van der Waals surface area contributed by atoms with Crippen LogP contribution in [0.4, 0.5) is 0 Å². The van der Waals surface area contributed by atoms with Crippen LogP contribution in [0.1, 0.15) is 78.4 Å². The highest BCUT2D eigenvalue weighted by molar-refractivity contribution is 6.31. The summed E-state index contributed by atoms with van der Waals surface area (Å²) in [6, 6.07) is 6.33. The highest BCUT2D eigenvalue weighted by atomic mass is 35.5. The first kappa shape index (κ1) is 24.8. The molecular formula is C27H38ClNO3. The van der Waals surface area contributed by atoms with Gasteiger partial charge in [-0.1, -0.05) is 65.3 Å². The van der Waals surface area contributed by atoms with Crippen molar-refractivity contribution in [1.29, 1.82) is 0 Å². The summed E-state index contributed by atoms with van der Waals surface area (Å²) < 4.78 is 0. The third kappa shape index (κ3) is 5.39. The molecule has 3 rings (SSSR count). The Hall–Kier alpha value is -1.81. The Morgan fingerprint density at radius 1 is 1.28 bits per heavy atom. The first-order chi connectivity index (χ1) is 14.8. The highest BCUT2D eigenvalue weighted by Crippen LogP contribution is 2.45. The van der Waals surface area contributed by atoms with Gasteiger partial charge in [-0.15, -0.1) is 0 Å². The molecule has 0 spiro atoms. The molecule has 5 heteroatoms. The fraction of sp³-hybridized carbons (Fsp3) is 0.630. The van der Waals surface area contributed by atoms with Gasteiger partial charge in [-0.2, -0.15) is 0 Å². The maximum atomic E-state index is 13.1. The van der Waals surface area contributed by atoms with Crippen LogP contribution < -0.4 is 0 Å². The number of aryl methyl sites for hydroxylation is 1. The SMILES string of the molecule is CC(C)C1=CN(CC2CC(C(=O)O)C2)C(=O)CC1(C)c1ccc(CCC(C)(C)C)c(Cl)c1. The van der Waals surface area contributed by atoms with E-state index in [1.165, 1.54) is 5.57 Å². The summed E-state index contributed by atoms with van der Waals surface area (Å²) in [5, 5.41) is 9.91. The second kappa shape index (κ2) is 9.21. The molecule has 0 bridgehead atoms. The minimum Gasteiger partial charge on any atom is -0.481 e. The molecule has 4 nitrogen and oxygen atoms in total. The summed E-state index contributed by atoms with van der Waals surface area (Å²) in [5.74, 6) is -0.324. The number of hydrogen-bond acceptors (Lipinski definition) is 2. The van der Waals surface area contributed by atoms with Crippen LogP contribution >= 0.6 is 11.6 Å². The lowest BCUT2D eigenvalue weighted by Crippen LogP contribution is -2.46. The third-order valence-corrected chi connectivity index (χ3v) is 7.61. The predicted molar refractivity (Wildman–Crippen MR) is 130 cm³/mol. The molecule has 1 unspecified atom stereocenters. The van der Waals surface area contributed by atoms with Crippen molar-refractivity contribution < 1.29 is 14.7 Å². The van der Waals surface area contributed by atoms with E-state index in [0.29, 0.717) is 25.8 Å². The number of rotatable bonds is 7. The number of nitrogens with zero attached hydrogens (tertiary/aromatic N) is 1. The van der Waals surface area contributed by atoms with Gasteiger partial charge in [-0.25, -0.2) is 0 Å². The fourth-order valence-corrected chi connectivity index (χ4v) is 5.34. The van der Waals surface area contributed by atoms with Crippen molar-refractivity contribution in [2.75, 3.05) is 6.54 Å².